The molecule has 0 atom stereocenters. The molecule has 5 nitrogen and oxygen atoms in total. The van der Waals surface area contributed by atoms with E-state index >= 15 is 0 Å². The molecular formula is C11H18N2O3S2. The van der Waals surface area contributed by atoms with E-state index in [1.54, 1.807) is 4.90 Å². The molecule has 1 heterocycles. The van der Waals surface area contributed by atoms with Gasteiger partial charge in [-0.3, -0.25) is 4.79 Å². The Labute approximate surface area is 112 Å². The van der Waals surface area contributed by atoms with Gasteiger partial charge in [0, 0.05) is 18.5 Å². The van der Waals surface area contributed by atoms with Gasteiger partial charge in [-0.15, -0.1) is 11.3 Å². The van der Waals surface area contributed by atoms with Crippen molar-refractivity contribution in [3.05, 3.63) is 17.0 Å². The molecule has 0 aliphatic heterocycles. The Hall–Kier alpha value is -0.920. The largest absolute Gasteiger partial charge is 0.339 e. The maximum atomic E-state index is 12.1. The summed E-state index contributed by atoms with van der Waals surface area (Å²) in [4.78, 5) is 13.8. The number of sulfonamides is 1. The van der Waals surface area contributed by atoms with Crippen molar-refractivity contribution in [2.24, 2.45) is 11.1 Å². The maximum absolute atomic E-state index is 12.1. The molecule has 18 heavy (non-hydrogen) atoms. The van der Waals surface area contributed by atoms with Gasteiger partial charge in [0.25, 0.3) is 5.91 Å². The molecule has 0 aromatic carbocycles. The summed E-state index contributed by atoms with van der Waals surface area (Å²) in [6.07, 6.45) is 0. The van der Waals surface area contributed by atoms with Crippen LogP contribution in [0.5, 0.6) is 0 Å². The van der Waals surface area contributed by atoms with Crippen molar-refractivity contribution < 1.29 is 13.2 Å². The van der Waals surface area contributed by atoms with E-state index in [4.69, 9.17) is 5.14 Å². The minimum absolute atomic E-state index is 0.0199. The summed E-state index contributed by atoms with van der Waals surface area (Å²) in [7, 11) is -3.72. The molecule has 0 aliphatic rings. The monoisotopic (exact) mass is 290 g/mol. The van der Waals surface area contributed by atoms with Crippen LogP contribution >= 0.6 is 11.3 Å². The molecular weight excluding hydrogens is 272 g/mol. The summed E-state index contributed by atoms with van der Waals surface area (Å²) in [6, 6.07) is 1.34. The van der Waals surface area contributed by atoms with Crippen LogP contribution in [-0.2, 0) is 10.0 Å². The summed E-state index contributed by atoms with van der Waals surface area (Å²) >= 11 is 0.971. The van der Waals surface area contributed by atoms with Crippen LogP contribution in [0.3, 0.4) is 0 Å². The Morgan fingerprint density at radius 1 is 1.50 bits per heavy atom. The molecule has 1 rings (SSSR count). The second kappa shape index (κ2) is 5.81. The first kappa shape index (κ1) is 15.1. The number of hydrogen-bond acceptors (Lipinski definition) is 4. The maximum Gasteiger partial charge on any atom is 0.254 e. The minimum atomic E-state index is -3.72. The van der Waals surface area contributed by atoms with E-state index in [1.165, 1.54) is 11.4 Å². The summed E-state index contributed by atoms with van der Waals surface area (Å²) < 4.78 is 22.3. The first-order chi connectivity index (χ1) is 8.25. The molecule has 0 aliphatic carbocycles. The minimum Gasteiger partial charge on any atom is -0.339 e. The highest BCUT2D eigenvalue weighted by molar-refractivity contribution is 7.91. The highest BCUT2D eigenvalue weighted by atomic mass is 32.2. The fraction of sp³-hybridized carbons (Fsp3) is 0.545. The van der Waals surface area contributed by atoms with Gasteiger partial charge in [0.05, 0.1) is 5.56 Å². The standard InChI is InChI=1S/C11H18N2O3S2/c1-4-13(6-8(2)3)11(14)9-5-10(17-7-9)18(12,15)16/h5,7-8H,4,6H2,1-3H3,(H2,12,15,16). The second-order valence-electron chi connectivity index (χ2n) is 4.44. The molecule has 7 heteroatoms. The lowest BCUT2D eigenvalue weighted by Gasteiger charge is -2.22. The summed E-state index contributed by atoms with van der Waals surface area (Å²) in [5.41, 5.74) is 0.381. The van der Waals surface area contributed by atoms with E-state index in [2.05, 4.69) is 0 Å². The summed E-state index contributed by atoms with van der Waals surface area (Å²) in [5.74, 6) is 0.211. The van der Waals surface area contributed by atoms with Crippen molar-refractivity contribution in [3.8, 4) is 0 Å². The lowest BCUT2D eigenvalue weighted by molar-refractivity contribution is 0.0746. The number of carbonyl (C=O) groups is 1. The summed E-state index contributed by atoms with van der Waals surface area (Å²) in [6.45, 7) is 7.19. The van der Waals surface area contributed by atoms with E-state index in [0.29, 0.717) is 24.6 Å². The van der Waals surface area contributed by atoms with E-state index in [9.17, 15) is 13.2 Å². The average Bonchev–Trinajstić information content (AvgIpc) is 2.73. The molecule has 0 fully saturated rings. The third kappa shape index (κ3) is 3.79. The molecule has 0 bridgehead atoms. The highest BCUT2D eigenvalue weighted by Gasteiger charge is 2.19. The van der Waals surface area contributed by atoms with Crippen LogP contribution in [0, 0.1) is 5.92 Å². The molecule has 0 unspecified atom stereocenters. The van der Waals surface area contributed by atoms with Crippen LogP contribution in [0.4, 0.5) is 0 Å². The lowest BCUT2D eigenvalue weighted by atomic mass is 10.2. The zero-order valence-corrected chi connectivity index (χ0v) is 12.3. The third-order valence-corrected chi connectivity index (χ3v) is 4.74. The van der Waals surface area contributed by atoms with Crippen molar-refractivity contribution in [3.63, 3.8) is 0 Å². The molecule has 0 spiro atoms. The highest BCUT2D eigenvalue weighted by Crippen LogP contribution is 2.20. The zero-order chi connectivity index (χ0) is 13.9. The molecule has 1 aromatic rings. The second-order valence-corrected chi connectivity index (χ2v) is 7.14. The Morgan fingerprint density at radius 3 is 2.50 bits per heavy atom. The van der Waals surface area contributed by atoms with Crippen molar-refractivity contribution in [1.29, 1.82) is 0 Å². The topological polar surface area (TPSA) is 80.5 Å². The van der Waals surface area contributed by atoms with Gasteiger partial charge in [-0.1, -0.05) is 13.8 Å². The van der Waals surface area contributed by atoms with E-state index in [-0.39, 0.29) is 10.1 Å². The Morgan fingerprint density at radius 2 is 2.11 bits per heavy atom. The van der Waals surface area contributed by atoms with Crippen LogP contribution in [0.25, 0.3) is 0 Å². The fourth-order valence-corrected chi connectivity index (χ4v) is 3.14. The van der Waals surface area contributed by atoms with E-state index < -0.39 is 10.0 Å². The SMILES string of the molecule is CCN(CC(C)C)C(=O)c1csc(S(N)(=O)=O)c1. The number of primary sulfonamides is 1. The van der Waals surface area contributed by atoms with Crippen molar-refractivity contribution in [2.75, 3.05) is 13.1 Å². The quantitative estimate of drug-likeness (QED) is 0.892. The predicted molar refractivity (Wildman–Crippen MR) is 72.1 cm³/mol. The first-order valence-electron chi connectivity index (χ1n) is 5.66. The van der Waals surface area contributed by atoms with Gasteiger partial charge in [0.1, 0.15) is 4.21 Å². The molecule has 0 saturated carbocycles. The molecule has 1 amide bonds. The smallest absolute Gasteiger partial charge is 0.254 e. The van der Waals surface area contributed by atoms with Gasteiger partial charge >= 0.3 is 0 Å². The van der Waals surface area contributed by atoms with E-state index in [1.807, 2.05) is 20.8 Å². The van der Waals surface area contributed by atoms with Gasteiger partial charge in [0.15, 0.2) is 0 Å². The van der Waals surface area contributed by atoms with Crippen LogP contribution < -0.4 is 5.14 Å². The molecule has 2 N–H and O–H groups in total. The number of hydrogen-bond donors (Lipinski definition) is 1. The van der Waals surface area contributed by atoms with Crippen LogP contribution in [0.1, 0.15) is 31.1 Å². The van der Waals surface area contributed by atoms with Crippen LogP contribution in [0.15, 0.2) is 15.7 Å². The van der Waals surface area contributed by atoms with Gasteiger partial charge in [-0.25, -0.2) is 13.6 Å². The van der Waals surface area contributed by atoms with Gasteiger partial charge in [0.2, 0.25) is 10.0 Å². The Bertz CT molecular complexity index is 520. The van der Waals surface area contributed by atoms with Crippen molar-refractivity contribution in [2.45, 2.75) is 25.0 Å². The first-order valence-corrected chi connectivity index (χ1v) is 8.09. The number of rotatable bonds is 5. The van der Waals surface area contributed by atoms with Crippen molar-refractivity contribution in [1.82, 2.24) is 4.90 Å². The van der Waals surface area contributed by atoms with Gasteiger partial charge in [-0.2, -0.15) is 0 Å². The molecule has 102 valence electrons. The number of amides is 1. The number of carbonyl (C=O) groups excluding carboxylic acids is 1. The van der Waals surface area contributed by atoms with Gasteiger partial charge < -0.3 is 4.90 Å². The fourth-order valence-electron chi connectivity index (χ4n) is 1.56. The molecule has 0 saturated heterocycles. The normalized spacial score (nSPS) is 11.8. The van der Waals surface area contributed by atoms with Crippen molar-refractivity contribution >= 4 is 27.3 Å². The van der Waals surface area contributed by atoms with Crippen LogP contribution in [0.2, 0.25) is 0 Å². The zero-order valence-electron chi connectivity index (χ0n) is 10.7. The summed E-state index contributed by atoms with van der Waals surface area (Å²) in [5, 5.41) is 6.55. The third-order valence-electron chi connectivity index (χ3n) is 2.36. The van der Waals surface area contributed by atoms with E-state index in [0.717, 1.165) is 11.3 Å². The number of thiophene rings is 1. The Balaban J connectivity index is 2.93. The van der Waals surface area contributed by atoms with Crippen LogP contribution in [-0.4, -0.2) is 32.3 Å². The Kier molecular flexibility index (Phi) is 4.89. The average molecular weight is 290 g/mol. The van der Waals surface area contributed by atoms with Gasteiger partial charge in [-0.05, 0) is 18.9 Å². The number of nitrogens with zero attached hydrogens (tertiary/aromatic N) is 1. The lowest BCUT2D eigenvalue weighted by Crippen LogP contribution is -2.33. The molecule has 0 radical (unpaired) electrons. The molecule has 1 aromatic heterocycles. The predicted octanol–water partition coefficient (Wildman–Crippen LogP) is 1.51. The number of nitrogens with two attached hydrogens (primary N) is 1.